The molecule has 166 valence electrons. The van der Waals surface area contributed by atoms with Crippen molar-refractivity contribution in [3.05, 3.63) is 98.5 Å². The first-order chi connectivity index (χ1) is 15.8. The van der Waals surface area contributed by atoms with Gasteiger partial charge in [0, 0.05) is 30.4 Å². The van der Waals surface area contributed by atoms with Crippen LogP contribution in [0.25, 0.3) is 10.9 Å². The maximum Gasteiger partial charge on any atom is 0.282 e. The number of halogens is 2. The van der Waals surface area contributed by atoms with E-state index in [0.717, 1.165) is 5.69 Å². The van der Waals surface area contributed by atoms with Crippen molar-refractivity contribution in [2.75, 3.05) is 19.0 Å². The SMILES string of the molecule is Cc1nc2ccccc2c(=O)n1/N=C(\N=Nc1cc(Cl)ccc1Cl)c1ccc(N(C)C)cc1. The first kappa shape index (κ1) is 22.6. The summed E-state index contributed by atoms with van der Waals surface area (Å²) >= 11 is 12.3. The van der Waals surface area contributed by atoms with Gasteiger partial charge in [-0.25, -0.2) is 4.98 Å². The molecule has 0 saturated heterocycles. The molecule has 4 rings (SSSR count). The number of aryl methyl sites for hydroxylation is 1. The number of hydrogen-bond donors (Lipinski definition) is 0. The third-order valence-electron chi connectivity index (χ3n) is 4.91. The van der Waals surface area contributed by atoms with Gasteiger partial charge in [0.15, 0.2) is 0 Å². The van der Waals surface area contributed by atoms with Crippen LogP contribution in [0.2, 0.25) is 10.0 Å². The number of amidine groups is 1. The van der Waals surface area contributed by atoms with Gasteiger partial charge in [0.05, 0.1) is 15.9 Å². The molecule has 0 radical (unpaired) electrons. The fourth-order valence-electron chi connectivity index (χ4n) is 3.16. The van der Waals surface area contributed by atoms with E-state index in [1.165, 1.54) is 4.68 Å². The minimum absolute atomic E-state index is 0.221. The van der Waals surface area contributed by atoms with E-state index < -0.39 is 0 Å². The van der Waals surface area contributed by atoms with E-state index in [2.05, 4.69) is 20.3 Å². The number of benzene rings is 3. The molecular formula is C24H20Cl2N6O. The van der Waals surface area contributed by atoms with E-state index in [4.69, 9.17) is 23.2 Å². The number of para-hydroxylation sites is 1. The number of nitrogens with zero attached hydrogens (tertiary/aromatic N) is 6. The summed E-state index contributed by atoms with van der Waals surface area (Å²) in [6.07, 6.45) is 0. The second kappa shape index (κ2) is 9.52. The van der Waals surface area contributed by atoms with Gasteiger partial charge >= 0.3 is 0 Å². The molecular weight excluding hydrogens is 459 g/mol. The Bertz CT molecular complexity index is 1440. The maximum absolute atomic E-state index is 13.1. The molecule has 0 N–H and O–H groups in total. The number of anilines is 1. The van der Waals surface area contributed by atoms with Crippen LogP contribution in [-0.2, 0) is 0 Å². The normalized spacial score (nSPS) is 12.0. The predicted molar refractivity (Wildman–Crippen MR) is 134 cm³/mol. The zero-order chi connectivity index (χ0) is 23.5. The molecule has 0 fully saturated rings. The van der Waals surface area contributed by atoms with Crippen molar-refractivity contribution < 1.29 is 0 Å². The summed E-state index contributed by atoms with van der Waals surface area (Å²) < 4.78 is 1.23. The van der Waals surface area contributed by atoms with Gasteiger partial charge in [0.1, 0.15) is 11.5 Å². The van der Waals surface area contributed by atoms with Gasteiger partial charge in [-0.2, -0.15) is 4.68 Å². The van der Waals surface area contributed by atoms with E-state index in [9.17, 15) is 4.79 Å². The van der Waals surface area contributed by atoms with Crippen molar-refractivity contribution in [3.8, 4) is 0 Å². The van der Waals surface area contributed by atoms with E-state index in [0.29, 0.717) is 38.0 Å². The Kier molecular flexibility index (Phi) is 6.53. The lowest BCUT2D eigenvalue weighted by Crippen LogP contribution is -2.22. The van der Waals surface area contributed by atoms with Gasteiger partial charge in [0.25, 0.3) is 5.56 Å². The highest BCUT2D eigenvalue weighted by Gasteiger charge is 2.11. The van der Waals surface area contributed by atoms with Gasteiger partial charge < -0.3 is 4.90 Å². The predicted octanol–water partition coefficient (Wildman–Crippen LogP) is 6.07. The molecule has 0 spiro atoms. The lowest BCUT2D eigenvalue weighted by molar-refractivity contribution is 0.764. The van der Waals surface area contributed by atoms with E-state index in [-0.39, 0.29) is 11.4 Å². The number of fused-ring (bicyclic) bond motifs is 1. The van der Waals surface area contributed by atoms with Gasteiger partial charge in [0.2, 0.25) is 5.84 Å². The average Bonchev–Trinajstić information content (AvgIpc) is 2.80. The molecule has 0 aliphatic rings. The first-order valence-corrected chi connectivity index (χ1v) is 10.8. The van der Waals surface area contributed by atoms with Crippen molar-refractivity contribution in [1.29, 1.82) is 0 Å². The molecule has 0 atom stereocenters. The van der Waals surface area contributed by atoms with Crippen LogP contribution in [0.5, 0.6) is 0 Å². The molecule has 0 aliphatic carbocycles. The zero-order valence-electron chi connectivity index (χ0n) is 18.2. The summed E-state index contributed by atoms with van der Waals surface area (Å²) in [6, 6.07) is 19.6. The third kappa shape index (κ3) is 4.94. The molecule has 1 aromatic heterocycles. The second-order valence-corrected chi connectivity index (χ2v) is 8.30. The third-order valence-corrected chi connectivity index (χ3v) is 5.47. The van der Waals surface area contributed by atoms with Crippen LogP contribution in [0.4, 0.5) is 11.4 Å². The molecule has 4 aromatic rings. The van der Waals surface area contributed by atoms with Crippen molar-refractivity contribution in [1.82, 2.24) is 9.66 Å². The second-order valence-electron chi connectivity index (χ2n) is 7.45. The van der Waals surface area contributed by atoms with Crippen molar-refractivity contribution in [2.24, 2.45) is 15.3 Å². The zero-order valence-corrected chi connectivity index (χ0v) is 19.7. The number of hydrogen-bond acceptors (Lipinski definition) is 5. The monoisotopic (exact) mass is 478 g/mol. The Morgan fingerprint density at radius 3 is 2.45 bits per heavy atom. The Hall–Kier alpha value is -3.55. The highest BCUT2D eigenvalue weighted by atomic mass is 35.5. The quantitative estimate of drug-likeness (QED) is 0.203. The molecule has 0 unspecified atom stereocenters. The summed E-state index contributed by atoms with van der Waals surface area (Å²) in [4.78, 5) is 19.6. The smallest absolute Gasteiger partial charge is 0.282 e. The van der Waals surface area contributed by atoms with Crippen LogP contribution in [0, 0.1) is 6.92 Å². The minimum atomic E-state index is -0.295. The van der Waals surface area contributed by atoms with Crippen molar-refractivity contribution in [2.45, 2.75) is 6.92 Å². The van der Waals surface area contributed by atoms with Gasteiger partial charge in [-0.3, -0.25) is 4.79 Å². The average molecular weight is 479 g/mol. The Morgan fingerprint density at radius 2 is 1.73 bits per heavy atom. The highest BCUT2D eigenvalue weighted by Crippen LogP contribution is 2.28. The number of azo groups is 1. The molecule has 0 aliphatic heterocycles. The van der Waals surface area contributed by atoms with Crippen molar-refractivity contribution in [3.63, 3.8) is 0 Å². The molecule has 9 heteroatoms. The fourth-order valence-corrected chi connectivity index (χ4v) is 3.48. The Labute approximate surface area is 200 Å². The molecule has 3 aromatic carbocycles. The molecule has 0 bridgehead atoms. The number of aromatic nitrogens is 2. The maximum atomic E-state index is 13.1. The van der Waals surface area contributed by atoms with Crippen LogP contribution in [-0.4, -0.2) is 29.6 Å². The van der Waals surface area contributed by atoms with Gasteiger partial charge in [-0.1, -0.05) is 35.3 Å². The van der Waals surface area contributed by atoms with Crippen LogP contribution in [0.15, 0.2) is 86.9 Å². The lowest BCUT2D eigenvalue weighted by Gasteiger charge is -2.12. The van der Waals surface area contributed by atoms with Gasteiger partial charge in [-0.05, 0) is 61.5 Å². The Morgan fingerprint density at radius 1 is 1.00 bits per heavy atom. The molecule has 7 nitrogen and oxygen atoms in total. The van der Waals surface area contributed by atoms with Crippen LogP contribution >= 0.6 is 23.2 Å². The van der Waals surface area contributed by atoms with E-state index in [1.807, 2.05) is 49.3 Å². The topological polar surface area (TPSA) is 75.2 Å². The first-order valence-electron chi connectivity index (χ1n) is 10.1. The molecule has 0 amide bonds. The summed E-state index contributed by atoms with van der Waals surface area (Å²) in [6.45, 7) is 1.72. The van der Waals surface area contributed by atoms with Crippen LogP contribution in [0.1, 0.15) is 11.4 Å². The molecule has 0 saturated carbocycles. The molecule has 33 heavy (non-hydrogen) atoms. The summed E-state index contributed by atoms with van der Waals surface area (Å²) in [5, 5.41) is 14.4. The largest absolute Gasteiger partial charge is 0.378 e. The van der Waals surface area contributed by atoms with Crippen LogP contribution < -0.4 is 10.5 Å². The van der Waals surface area contributed by atoms with E-state index in [1.54, 1.807) is 43.3 Å². The van der Waals surface area contributed by atoms with Crippen molar-refractivity contribution >= 4 is 51.3 Å². The van der Waals surface area contributed by atoms with E-state index >= 15 is 0 Å². The Balaban J connectivity index is 1.88. The standard InChI is InChI=1S/C24H20Cl2N6O/c1-15-27-21-7-5-4-6-19(21)24(33)32(15)30-23(16-8-11-18(12-9-16)31(2)3)29-28-22-14-17(25)10-13-20(22)26/h4-14H,1-3H3/b29-28?,30-23-. The highest BCUT2D eigenvalue weighted by molar-refractivity contribution is 6.35. The summed E-state index contributed by atoms with van der Waals surface area (Å²) in [5.74, 6) is 0.649. The van der Waals surface area contributed by atoms with Crippen LogP contribution in [0.3, 0.4) is 0 Å². The number of rotatable bonds is 4. The summed E-state index contributed by atoms with van der Waals surface area (Å²) in [5.41, 5.74) is 2.38. The molecule has 1 heterocycles. The minimum Gasteiger partial charge on any atom is -0.378 e. The van der Waals surface area contributed by atoms with Gasteiger partial charge in [-0.15, -0.1) is 15.3 Å². The lowest BCUT2D eigenvalue weighted by atomic mass is 10.2. The fraction of sp³-hybridized carbons (Fsp3) is 0.125. The summed E-state index contributed by atoms with van der Waals surface area (Å²) in [7, 11) is 3.91.